The number of hydrogen-bond donors (Lipinski definition) is 1. The van der Waals surface area contributed by atoms with E-state index in [1.165, 1.54) is 0 Å². The van der Waals surface area contributed by atoms with E-state index in [1.807, 2.05) is 19.9 Å². The molecule has 5 heteroatoms. The summed E-state index contributed by atoms with van der Waals surface area (Å²) in [5, 5.41) is 3.47. The molecule has 0 radical (unpaired) electrons. The van der Waals surface area contributed by atoms with Gasteiger partial charge < -0.3 is 9.47 Å². The molecule has 1 rings (SSSR count). The lowest BCUT2D eigenvalue weighted by molar-refractivity contribution is -0.122. The average Bonchev–Trinajstić information content (AvgIpc) is 2.59. The summed E-state index contributed by atoms with van der Waals surface area (Å²) in [6, 6.07) is 0. The van der Waals surface area contributed by atoms with Crippen molar-refractivity contribution in [3.63, 3.8) is 0 Å². The van der Waals surface area contributed by atoms with E-state index in [0.717, 1.165) is 50.9 Å². The Kier molecular flexibility index (Phi) is 9.96. The fraction of sp³-hybridized carbons (Fsp3) is 0.773. The summed E-state index contributed by atoms with van der Waals surface area (Å²) >= 11 is 1.73. The smallest absolute Gasteiger partial charge is 0.242 e. The van der Waals surface area contributed by atoms with Gasteiger partial charge in [0.2, 0.25) is 5.91 Å². The number of thioether (sulfide) groups is 1. The van der Waals surface area contributed by atoms with Crippen LogP contribution in [0, 0.1) is 5.41 Å². The SMILES string of the molecule is C=C(/C=C(/NC(=O)C(C)(C)SC1CCOCC1)OCCC)C(C)(C)CCC. The molecule has 1 heterocycles. The summed E-state index contributed by atoms with van der Waals surface area (Å²) in [5.74, 6) is 0.485. The maximum atomic E-state index is 13.0. The first kappa shape index (κ1) is 24.1. The van der Waals surface area contributed by atoms with Crippen molar-refractivity contribution in [3.05, 3.63) is 24.1 Å². The molecule has 0 aromatic heterocycles. The van der Waals surface area contributed by atoms with Crippen LogP contribution in [0.2, 0.25) is 0 Å². The topological polar surface area (TPSA) is 47.6 Å². The maximum Gasteiger partial charge on any atom is 0.242 e. The van der Waals surface area contributed by atoms with Crippen molar-refractivity contribution in [2.45, 2.75) is 83.6 Å². The lowest BCUT2D eigenvalue weighted by atomic mass is 9.81. The molecule has 1 fully saturated rings. The van der Waals surface area contributed by atoms with Crippen LogP contribution in [0.3, 0.4) is 0 Å². The van der Waals surface area contributed by atoms with Gasteiger partial charge in [-0.1, -0.05) is 40.7 Å². The summed E-state index contributed by atoms with van der Waals surface area (Å²) in [7, 11) is 0. The number of hydrogen-bond acceptors (Lipinski definition) is 4. The van der Waals surface area contributed by atoms with Crippen LogP contribution < -0.4 is 5.32 Å². The monoisotopic (exact) mass is 397 g/mol. The third kappa shape index (κ3) is 8.30. The molecule has 0 spiro atoms. The van der Waals surface area contributed by atoms with Crippen LogP contribution in [0.1, 0.15) is 73.6 Å². The zero-order valence-corrected chi connectivity index (χ0v) is 19.0. The van der Waals surface area contributed by atoms with Gasteiger partial charge >= 0.3 is 0 Å². The summed E-state index contributed by atoms with van der Waals surface area (Å²) in [6.07, 6.45) is 6.92. The number of carbonyl (C=O) groups is 1. The third-order valence-electron chi connectivity index (χ3n) is 4.92. The molecule has 1 N–H and O–H groups in total. The van der Waals surface area contributed by atoms with Crippen molar-refractivity contribution in [2.75, 3.05) is 19.8 Å². The molecular weight excluding hydrogens is 358 g/mol. The van der Waals surface area contributed by atoms with Gasteiger partial charge in [-0.2, -0.15) is 0 Å². The molecular formula is C22H39NO3S. The Labute approximate surface area is 170 Å². The lowest BCUT2D eigenvalue weighted by Gasteiger charge is -2.31. The minimum atomic E-state index is -0.531. The molecule has 0 bridgehead atoms. The van der Waals surface area contributed by atoms with Crippen molar-refractivity contribution >= 4 is 17.7 Å². The second kappa shape index (κ2) is 11.2. The van der Waals surface area contributed by atoms with E-state index in [1.54, 1.807) is 11.8 Å². The second-order valence-electron chi connectivity index (χ2n) is 8.41. The van der Waals surface area contributed by atoms with E-state index >= 15 is 0 Å². The zero-order chi connectivity index (χ0) is 20.5. The van der Waals surface area contributed by atoms with E-state index in [2.05, 4.69) is 39.6 Å². The molecule has 4 nitrogen and oxygen atoms in total. The Morgan fingerprint density at radius 1 is 1.22 bits per heavy atom. The van der Waals surface area contributed by atoms with Gasteiger partial charge in [0.1, 0.15) is 0 Å². The summed E-state index contributed by atoms with van der Waals surface area (Å²) in [5.41, 5.74) is 0.956. The van der Waals surface area contributed by atoms with Crippen molar-refractivity contribution in [3.8, 4) is 0 Å². The van der Waals surface area contributed by atoms with Crippen molar-refractivity contribution in [1.82, 2.24) is 5.32 Å². The van der Waals surface area contributed by atoms with Gasteiger partial charge in [0.25, 0.3) is 0 Å². The Balaban J connectivity index is 2.82. The second-order valence-corrected chi connectivity index (χ2v) is 10.3. The van der Waals surface area contributed by atoms with Crippen LogP contribution in [0.5, 0.6) is 0 Å². The van der Waals surface area contributed by atoms with E-state index in [0.29, 0.717) is 17.7 Å². The zero-order valence-electron chi connectivity index (χ0n) is 18.2. The van der Waals surface area contributed by atoms with Crippen molar-refractivity contribution in [2.24, 2.45) is 5.41 Å². The molecule has 0 unspecified atom stereocenters. The van der Waals surface area contributed by atoms with Gasteiger partial charge in [0, 0.05) is 24.5 Å². The molecule has 0 aromatic carbocycles. The Morgan fingerprint density at radius 3 is 2.41 bits per heavy atom. The highest BCUT2D eigenvalue weighted by molar-refractivity contribution is 8.01. The van der Waals surface area contributed by atoms with Gasteiger partial charge in [-0.15, -0.1) is 11.8 Å². The number of rotatable bonds is 11. The van der Waals surface area contributed by atoms with Crippen LogP contribution in [-0.2, 0) is 14.3 Å². The van der Waals surface area contributed by atoms with Crippen LogP contribution >= 0.6 is 11.8 Å². The van der Waals surface area contributed by atoms with Gasteiger partial charge in [-0.3, -0.25) is 10.1 Å². The third-order valence-corrected chi connectivity index (χ3v) is 6.50. The molecule has 1 aliphatic rings. The van der Waals surface area contributed by atoms with Gasteiger partial charge in [-0.05, 0) is 50.5 Å². The first-order valence-electron chi connectivity index (χ1n) is 10.2. The minimum absolute atomic E-state index is 0.0212. The highest BCUT2D eigenvalue weighted by Gasteiger charge is 2.33. The van der Waals surface area contributed by atoms with E-state index in [4.69, 9.17) is 9.47 Å². The Morgan fingerprint density at radius 2 is 1.85 bits per heavy atom. The van der Waals surface area contributed by atoms with Crippen LogP contribution in [0.15, 0.2) is 24.1 Å². The fourth-order valence-corrected chi connectivity index (χ4v) is 4.41. The van der Waals surface area contributed by atoms with Crippen LogP contribution in [-0.4, -0.2) is 35.7 Å². The standard InChI is InChI=1S/C22H39NO3S/c1-8-12-21(4,5)17(3)16-19(26-13-9-2)23-20(24)22(6,7)27-18-10-14-25-15-11-18/h16,18H,3,8-15H2,1-2,4-7H3,(H,23,24)/b19-16-. The molecule has 156 valence electrons. The van der Waals surface area contributed by atoms with E-state index < -0.39 is 4.75 Å². The molecule has 0 aromatic rings. The summed E-state index contributed by atoms with van der Waals surface area (Å²) in [6.45, 7) is 18.9. The first-order chi connectivity index (χ1) is 12.6. The average molecular weight is 398 g/mol. The molecule has 1 aliphatic heterocycles. The predicted octanol–water partition coefficient (Wildman–Crippen LogP) is 5.44. The van der Waals surface area contributed by atoms with Gasteiger partial charge in [0.15, 0.2) is 5.88 Å². The summed E-state index contributed by atoms with van der Waals surface area (Å²) in [4.78, 5) is 13.0. The predicted molar refractivity (Wildman–Crippen MR) is 116 cm³/mol. The lowest BCUT2D eigenvalue weighted by Crippen LogP contribution is -2.41. The number of nitrogens with one attached hydrogen (secondary N) is 1. The molecule has 0 atom stereocenters. The first-order valence-corrected chi connectivity index (χ1v) is 11.1. The normalized spacial score (nSPS) is 16.9. The highest BCUT2D eigenvalue weighted by atomic mass is 32.2. The van der Waals surface area contributed by atoms with Crippen molar-refractivity contribution < 1.29 is 14.3 Å². The van der Waals surface area contributed by atoms with Gasteiger partial charge in [0.05, 0.1) is 11.4 Å². The minimum Gasteiger partial charge on any atom is -0.479 e. The fourth-order valence-electron chi connectivity index (χ4n) is 2.99. The van der Waals surface area contributed by atoms with E-state index in [9.17, 15) is 4.79 Å². The molecule has 1 amide bonds. The number of amides is 1. The number of allylic oxidation sites excluding steroid dienone is 2. The molecule has 27 heavy (non-hydrogen) atoms. The molecule has 1 saturated heterocycles. The van der Waals surface area contributed by atoms with Crippen LogP contribution in [0.4, 0.5) is 0 Å². The summed E-state index contributed by atoms with van der Waals surface area (Å²) < 4.78 is 10.7. The largest absolute Gasteiger partial charge is 0.479 e. The Bertz CT molecular complexity index is 520. The van der Waals surface area contributed by atoms with Gasteiger partial charge in [-0.25, -0.2) is 0 Å². The number of carbonyl (C=O) groups excluding carboxylic acids is 1. The molecule has 0 saturated carbocycles. The van der Waals surface area contributed by atoms with Crippen molar-refractivity contribution in [1.29, 1.82) is 0 Å². The Hall–Kier alpha value is -0.940. The molecule has 0 aliphatic carbocycles. The van der Waals surface area contributed by atoms with Crippen LogP contribution in [0.25, 0.3) is 0 Å². The highest BCUT2D eigenvalue weighted by Crippen LogP contribution is 2.35. The van der Waals surface area contributed by atoms with E-state index in [-0.39, 0.29) is 11.3 Å². The maximum absolute atomic E-state index is 13.0. The quantitative estimate of drug-likeness (QED) is 0.372. The number of ether oxygens (including phenoxy) is 2.